The second-order valence-electron chi connectivity index (χ2n) is 5.77. The molecule has 3 nitrogen and oxygen atoms in total. The molecule has 2 N–H and O–H groups in total. The van der Waals surface area contributed by atoms with E-state index in [9.17, 15) is 9.18 Å². The van der Waals surface area contributed by atoms with Gasteiger partial charge in [-0.25, -0.2) is 4.39 Å². The number of benzene rings is 1. The molecule has 0 aliphatic heterocycles. The quantitative estimate of drug-likeness (QED) is 0.840. The van der Waals surface area contributed by atoms with Gasteiger partial charge in [-0.05, 0) is 42.9 Å². The first-order valence-electron chi connectivity index (χ1n) is 7.24. The van der Waals surface area contributed by atoms with Crippen LogP contribution in [0.2, 0.25) is 0 Å². The molecule has 1 aliphatic rings. The fourth-order valence-electron chi connectivity index (χ4n) is 2.72. The number of hydrogen-bond donors (Lipinski definition) is 2. The predicted molar refractivity (Wildman–Crippen MR) is 75.8 cm³/mol. The van der Waals surface area contributed by atoms with E-state index in [0.29, 0.717) is 13.0 Å². The lowest BCUT2D eigenvalue weighted by Gasteiger charge is -2.41. The van der Waals surface area contributed by atoms with Gasteiger partial charge in [0.05, 0.1) is 5.41 Å². The third-order valence-corrected chi connectivity index (χ3v) is 4.25. The van der Waals surface area contributed by atoms with E-state index >= 15 is 0 Å². The van der Waals surface area contributed by atoms with Crippen LogP contribution in [0.15, 0.2) is 24.3 Å². The lowest BCUT2D eigenvalue weighted by molar-refractivity contribution is -0.130. The SMILES string of the molecule is CC(CCO)CNC(=O)C1(c2cccc(F)c2)CCC1. The Labute approximate surface area is 119 Å². The molecule has 0 aromatic heterocycles. The van der Waals surface area contributed by atoms with Gasteiger partial charge in [0.2, 0.25) is 5.91 Å². The van der Waals surface area contributed by atoms with E-state index in [-0.39, 0.29) is 24.2 Å². The van der Waals surface area contributed by atoms with Gasteiger partial charge in [0, 0.05) is 13.2 Å². The molecular formula is C16H22FNO2. The molecule has 0 radical (unpaired) electrons. The lowest BCUT2D eigenvalue weighted by Crippen LogP contribution is -2.50. The Kier molecular flexibility index (Phi) is 4.76. The van der Waals surface area contributed by atoms with Gasteiger partial charge >= 0.3 is 0 Å². The topological polar surface area (TPSA) is 49.3 Å². The van der Waals surface area contributed by atoms with E-state index in [1.54, 1.807) is 6.07 Å². The summed E-state index contributed by atoms with van der Waals surface area (Å²) in [5.41, 5.74) is 0.220. The molecule has 4 heteroatoms. The molecule has 1 amide bonds. The van der Waals surface area contributed by atoms with Crippen LogP contribution in [-0.4, -0.2) is 24.2 Å². The maximum atomic E-state index is 13.4. The molecule has 0 spiro atoms. The number of nitrogens with one attached hydrogen (secondary N) is 1. The number of carbonyl (C=O) groups is 1. The molecule has 20 heavy (non-hydrogen) atoms. The minimum Gasteiger partial charge on any atom is -0.396 e. The monoisotopic (exact) mass is 279 g/mol. The summed E-state index contributed by atoms with van der Waals surface area (Å²) in [7, 11) is 0. The summed E-state index contributed by atoms with van der Waals surface area (Å²) >= 11 is 0. The third-order valence-electron chi connectivity index (χ3n) is 4.25. The van der Waals surface area contributed by atoms with Crippen molar-refractivity contribution in [1.82, 2.24) is 5.32 Å². The normalized spacial score (nSPS) is 18.1. The van der Waals surface area contributed by atoms with E-state index in [2.05, 4.69) is 5.32 Å². The molecule has 1 saturated carbocycles. The summed E-state index contributed by atoms with van der Waals surface area (Å²) in [6.07, 6.45) is 3.22. The van der Waals surface area contributed by atoms with Gasteiger partial charge in [0.15, 0.2) is 0 Å². The maximum Gasteiger partial charge on any atom is 0.230 e. The zero-order valence-corrected chi connectivity index (χ0v) is 11.9. The van der Waals surface area contributed by atoms with Crippen LogP contribution in [0.3, 0.4) is 0 Å². The molecule has 1 aromatic carbocycles. The van der Waals surface area contributed by atoms with Crippen LogP contribution in [-0.2, 0) is 10.2 Å². The number of hydrogen-bond acceptors (Lipinski definition) is 2. The fourth-order valence-corrected chi connectivity index (χ4v) is 2.72. The maximum absolute atomic E-state index is 13.4. The van der Waals surface area contributed by atoms with Gasteiger partial charge in [-0.1, -0.05) is 25.5 Å². The molecule has 110 valence electrons. The van der Waals surface area contributed by atoms with Crippen molar-refractivity contribution in [2.24, 2.45) is 5.92 Å². The zero-order chi connectivity index (χ0) is 14.6. The fraction of sp³-hybridized carbons (Fsp3) is 0.562. The highest BCUT2D eigenvalue weighted by molar-refractivity contribution is 5.89. The van der Waals surface area contributed by atoms with E-state index in [4.69, 9.17) is 5.11 Å². The number of aliphatic hydroxyl groups is 1. The number of halogens is 1. The van der Waals surface area contributed by atoms with E-state index in [0.717, 1.165) is 24.8 Å². The van der Waals surface area contributed by atoms with Gasteiger partial charge in [-0.3, -0.25) is 4.79 Å². The smallest absolute Gasteiger partial charge is 0.230 e. The standard InChI is InChI=1S/C16H22FNO2/c1-12(6-9-19)11-18-15(20)16(7-3-8-16)13-4-2-5-14(17)10-13/h2,4-5,10,12,19H,3,6-9,11H2,1H3,(H,18,20). The minimum absolute atomic E-state index is 0.0147. The largest absolute Gasteiger partial charge is 0.396 e. The van der Waals surface area contributed by atoms with E-state index in [1.165, 1.54) is 12.1 Å². The molecular weight excluding hydrogens is 257 g/mol. The van der Waals surface area contributed by atoms with Crippen molar-refractivity contribution in [1.29, 1.82) is 0 Å². The van der Waals surface area contributed by atoms with Crippen LogP contribution in [0.4, 0.5) is 4.39 Å². The molecule has 1 fully saturated rings. The number of rotatable bonds is 6. The third kappa shape index (κ3) is 3.01. The van der Waals surface area contributed by atoms with Crippen molar-refractivity contribution in [3.05, 3.63) is 35.6 Å². The summed E-state index contributed by atoms with van der Waals surface area (Å²) in [6, 6.07) is 6.36. The van der Waals surface area contributed by atoms with Crippen molar-refractivity contribution in [2.45, 2.75) is 38.0 Å². The first-order valence-corrected chi connectivity index (χ1v) is 7.24. The number of amides is 1. The van der Waals surface area contributed by atoms with Crippen molar-refractivity contribution in [3.63, 3.8) is 0 Å². The Balaban J connectivity index is 2.05. The molecule has 0 heterocycles. The summed E-state index contributed by atoms with van der Waals surface area (Å²) in [5, 5.41) is 11.8. The highest BCUT2D eigenvalue weighted by atomic mass is 19.1. The molecule has 0 saturated heterocycles. The van der Waals surface area contributed by atoms with Gasteiger partial charge in [-0.2, -0.15) is 0 Å². The Morgan fingerprint density at radius 3 is 2.80 bits per heavy atom. The second-order valence-corrected chi connectivity index (χ2v) is 5.77. The molecule has 0 bridgehead atoms. The van der Waals surface area contributed by atoms with Gasteiger partial charge in [0.25, 0.3) is 0 Å². The summed E-state index contributed by atoms with van der Waals surface area (Å²) in [6.45, 7) is 2.68. The zero-order valence-electron chi connectivity index (χ0n) is 11.9. The average Bonchev–Trinajstić information content (AvgIpc) is 2.35. The van der Waals surface area contributed by atoms with Crippen molar-refractivity contribution < 1.29 is 14.3 Å². The van der Waals surface area contributed by atoms with Crippen LogP contribution in [0, 0.1) is 11.7 Å². The Bertz CT molecular complexity index is 471. The number of carbonyl (C=O) groups excluding carboxylic acids is 1. The van der Waals surface area contributed by atoms with Crippen molar-refractivity contribution >= 4 is 5.91 Å². The summed E-state index contributed by atoms with van der Waals surface area (Å²) < 4.78 is 13.4. The molecule has 1 atom stereocenters. The first kappa shape index (κ1) is 15.0. The van der Waals surface area contributed by atoms with Crippen LogP contribution in [0.5, 0.6) is 0 Å². The lowest BCUT2D eigenvalue weighted by atomic mass is 9.63. The van der Waals surface area contributed by atoms with E-state index in [1.807, 2.05) is 13.0 Å². The summed E-state index contributed by atoms with van der Waals surface area (Å²) in [4.78, 5) is 12.5. The van der Waals surface area contributed by atoms with Crippen molar-refractivity contribution in [2.75, 3.05) is 13.2 Å². The van der Waals surface area contributed by atoms with Crippen LogP contribution in [0.25, 0.3) is 0 Å². The van der Waals surface area contributed by atoms with E-state index < -0.39 is 5.41 Å². The predicted octanol–water partition coefficient (Wildman–Crippen LogP) is 2.38. The van der Waals surface area contributed by atoms with Gasteiger partial charge < -0.3 is 10.4 Å². The second kappa shape index (κ2) is 6.35. The van der Waals surface area contributed by atoms with Crippen molar-refractivity contribution in [3.8, 4) is 0 Å². The van der Waals surface area contributed by atoms with Crippen LogP contribution >= 0.6 is 0 Å². The molecule has 2 rings (SSSR count). The first-order chi connectivity index (χ1) is 9.58. The minimum atomic E-state index is -0.555. The number of aliphatic hydroxyl groups excluding tert-OH is 1. The van der Waals surface area contributed by atoms with Crippen LogP contribution in [0.1, 0.15) is 38.2 Å². The highest BCUT2D eigenvalue weighted by Gasteiger charge is 2.45. The Hall–Kier alpha value is -1.42. The van der Waals surface area contributed by atoms with Crippen LogP contribution < -0.4 is 5.32 Å². The molecule has 1 aliphatic carbocycles. The molecule has 1 aromatic rings. The average molecular weight is 279 g/mol. The molecule has 1 unspecified atom stereocenters. The Morgan fingerprint density at radius 1 is 1.50 bits per heavy atom. The Morgan fingerprint density at radius 2 is 2.25 bits per heavy atom. The van der Waals surface area contributed by atoms with Gasteiger partial charge in [0.1, 0.15) is 5.82 Å². The summed E-state index contributed by atoms with van der Waals surface area (Å²) in [5.74, 6) is -0.0667. The highest BCUT2D eigenvalue weighted by Crippen LogP contribution is 2.44. The van der Waals surface area contributed by atoms with Gasteiger partial charge in [-0.15, -0.1) is 0 Å².